The third-order valence-electron chi connectivity index (χ3n) is 0.890. The molecule has 0 saturated heterocycles. The molecule has 0 bridgehead atoms. The zero-order valence-corrected chi connectivity index (χ0v) is 6.64. The van der Waals surface area contributed by atoms with E-state index in [-0.39, 0.29) is 21.7 Å². The van der Waals surface area contributed by atoms with Crippen LogP contribution in [0.15, 0.2) is 6.07 Å². The van der Waals surface area contributed by atoms with Crippen LogP contribution in [-0.2, 0) is 21.7 Å². The summed E-state index contributed by atoms with van der Waals surface area (Å²) in [5.74, 6) is 0. The van der Waals surface area contributed by atoms with Crippen molar-refractivity contribution in [1.29, 1.82) is 0 Å². The minimum atomic E-state index is 0. The number of hydrogen-bond acceptors (Lipinski definition) is 0. The summed E-state index contributed by atoms with van der Waals surface area (Å²) in [6.45, 7) is 4.01. The van der Waals surface area contributed by atoms with Gasteiger partial charge < -0.3 is 4.98 Å². The summed E-state index contributed by atoms with van der Waals surface area (Å²) in [6, 6.07) is 4.95. The fraction of sp³-hybridized carbons (Fsp3) is 0.333. The molecule has 0 aliphatic heterocycles. The predicted octanol–water partition coefficient (Wildman–Crippen LogP) is 1.43. The maximum Gasteiger partial charge on any atom is 0 e. The van der Waals surface area contributed by atoms with Crippen molar-refractivity contribution < 1.29 is 21.7 Å². The molecule has 1 aromatic rings. The number of rotatable bonds is 0. The molecule has 0 saturated carbocycles. The van der Waals surface area contributed by atoms with Crippen LogP contribution in [0.2, 0.25) is 0 Å². The van der Waals surface area contributed by atoms with Crippen molar-refractivity contribution in [3.8, 4) is 0 Å². The summed E-state index contributed by atoms with van der Waals surface area (Å²) >= 11 is 0. The molecular weight excluding hydrogens is 134 g/mol. The van der Waals surface area contributed by atoms with E-state index < -0.39 is 0 Å². The molecule has 42 valence electrons. The normalized spacial score (nSPS) is 8.25. The third kappa shape index (κ3) is 1.85. The Morgan fingerprint density at radius 1 is 1.50 bits per heavy atom. The van der Waals surface area contributed by atoms with E-state index >= 15 is 0 Å². The van der Waals surface area contributed by atoms with Crippen LogP contribution in [0.4, 0.5) is 0 Å². The SMILES string of the molecule is Cc1[c-]cc(C)[nH]1.[Ti]. The van der Waals surface area contributed by atoms with Gasteiger partial charge in [-0.05, 0) is 6.92 Å². The smallest absolute Gasteiger partial charge is 0 e. The van der Waals surface area contributed by atoms with Gasteiger partial charge in [0.15, 0.2) is 0 Å². The van der Waals surface area contributed by atoms with Gasteiger partial charge in [0.25, 0.3) is 0 Å². The van der Waals surface area contributed by atoms with Gasteiger partial charge in [-0.1, -0.05) is 12.6 Å². The number of aromatic nitrogens is 1. The van der Waals surface area contributed by atoms with Gasteiger partial charge in [-0.3, -0.25) is 0 Å². The Balaban J connectivity index is 0.000000490. The fourth-order valence-electron chi connectivity index (χ4n) is 0.584. The van der Waals surface area contributed by atoms with Crippen LogP contribution in [0.3, 0.4) is 0 Å². The van der Waals surface area contributed by atoms with Crippen LogP contribution in [-0.4, -0.2) is 4.98 Å². The predicted molar refractivity (Wildman–Crippen MR) is 29.1 cm³/mol. The van der Waals surface area contributed by atoms with Crippen LogP contribution >= 0.6 is 0 Å². The summed E-state index contributed by atoms with van der Waals surface area (Å²) in [5.41, 5.74) is 2.29. The molecule has 0 fully saturated rings. The van der Waals surface area contributed by atoms with Crippen molar-refractivity contribution in [3.63, 3.8) is 0 Å². The minimum Gasteiger partial charge on any atom is -0.456 e. The molecule has 1 aromatic heterocycles. The van der Waals surface area contributed by atoms with Gasteiger partial charge in [-0.25, -0.2) is 12.1 Å². The second-order valence-electron chi connectivity index (χ2n) is 1.72. The molecule has 0 spiro atoms. The van der Waals surface area contributed by atoms with Crippen molar-refractivity contribution in [3.05, 3.63) is 23.5 Å². The van der Waals surface area contributed by atoms with Crippen molar-refractivity contribution in [2.45, 2.75) is 13.8 Å². The van der Waals surface area contributed by atoms with E-state index in [4.69, 9.17) is 0 Å². The zero-order valence-electron chi connectivity index (χ0n) is 5.08. The minimum absolute atomic E-state index is 0. The van der Waals surface area contributed by atoms with Crippen molar-refractivity contribution >= 4 is 0 Å². The number of nitrogens with one attached hydrogen (secondary N) is 1. The van der Waals surface area contributed by atoms with E-state index in [1.165, 1.54) is 5.69 Å². The monoisotopic (exact) mass is 142 g/mol. The Morgan fingerprint density at radius 2 is 2.12 bits per heavy atom. The van der Waals surface area contributed by atoms with Crippen molar-refractivity contribution in [2.75, 3.05) is 0 Å². The summed E-state index contributed by atoms with van der Waals surface area (Å²) in [7, 11) is 0. The summed E-state index contributed by atoms with van der Waals surface area (Å²) in [5, 5.41) is 0. The first-order chi connectivity index (χ1) is 3.29. The summed E-state index contributed by atoms with van der Waals surface area (Å²) in [6.07, 6.45) is 0. The number of H-pyrrole nitrogens is 1. The van der Waals surface area contributed by atoms with E-state index in [1.807, 2.05) is 19.9 Å². The van der Waals surface area contributed by atoms with E-state index in [1.54, 1.807) is 0 Å². The molecule has 1 nitrogen and oxygen atoms in total. The average Bonchev–Trinajstić information content (AvgIpc) is 1.87. The Hall–Kier alpha value is -0.00571. The Kier molecular flexibility index (Phi) is 3.10. The quantitative estimate of drug-likeness (QED) is 0.416. The largest absolute Gasteiger partial charge is 0.456 e. The summed E-state index contributed by atoms with van der Waals surface area (Å²) in [4.78, 5) is 3.08. The van der Waals surface area contributed by atoms with Gasteiger partial charge in [0.1, 0.15) is 0 Å². The van der Waals surface area contributed by atoms with Gasteiger partial charge in [0, 0.05) is 21.7 Å². The second-order valence-corrected chi connectivity index (χ2v) is 1.72. The van der Waals surface area contributed by atoms with Crippen LogP contribution in [0.1, 0.15) is 11.4 Å². The van der Waals surface area contributed by atoms with E-state index in [0.717, 1.165) is 5.69 Å². The molecule has 1 N–H and O–H groups in total. The molecule has 8 heavy (non-hydrogen) atoms. The molecule has 0 aliphatic rings. The number of aromatic amines is 1. The standard InChI is InChI=1S/C6H8N.Ti/c1-5-3-4-6(2)7-5;/h3,7H,1-2H3;/q-1;. The molecule has 0 aromatic carbocycles. The Morgan fingerprint density at radius 3 is 2.25 bits per heavy atom. The second kappa shape index (κ2) is 3.11. The third-order valence-corrected chi connectivity index (χ3v) is 0.890. The maximum absolute atomic E-state index is 3.08. The van der Waals surface area contributed by atoms with Crippen molar-refractivity contribution in [1.82, 2.24) is 4.98 Å². The number of aryl methyl sites for hydroxylation is 2. The van der Waals surface area contributed by atoms with Gasteiger partial charge in [-0.15, -0.1) is 5.69 Å². The van der Waals surface area contributed by atoms with E-state index in [9.17, 15) is 0 Å². The van der Waals surface area contributed by atoms with Gasteiger partial charge in [0.05, 0.1) is 0 Å². The average molecular weight is 142 g/mol. The first kappa shape index (κ1) is 7.99. The fourth-order valence-corrected chi connectivity index (χ4v) is 0.584. The van der Waals surface area contributed by atoms with E-state index in [0.29, 0.717) is 0 Å². The topological polar surface area (TPSA) is 15.8 Å². The van der Waals surface area contributed by atoms with Crippen molar-refractivity contribution in [2.24, 2.45) is 0 Å². The van der Waals surface area contributed by atoms with Crippen LogP contribution in [0, 0.1) is 19.9 Å². The zero-order chi connectivity index (χ0) is 5.28. The Labute approximate surface area is 64.4 Å². The van der Waals surface area contributed by atoms with Gasteiger partial charge in [-0.2, -0.15) is 0 Å². The molecule has 0 aliphatic carbocycles. The van der Waals surface area contributed by atoms with Crippen LogP contribution in [0.5, 0.6) is 0 Å². The molecule has 1 heterocycles. The first-order valence-electron chi connectivity index (χ1n) is 2.33. The molecule has 0 atom stereocenters. The molecule has 1 rings (SSSR count). The Bertz CT molecular complexity index is 141. The molecular formula is C6H8NTi-. The molecule has 0 radical (unpaired) electrons. The van der Waals surface area contributed by atoms with Crippen LogP contribution in [0.25, 0.3) is 0 Å². The maximum atomic E-state index is 3.08. The molecule has 2 heteroatoms. The van der Waals surface area contributed by atoms with Gasteiger partial charge in [0.2, 0.25) is 0 Å². The molecule has 0 unspecified atom stereocenters. The summed E-state index contributed by atoms with van der Waals surface area (Å²) < 4.78 is 0. The van der Waals surface area contributed by atoms with Crippen LogP contribution < -0.4 is 0 Å². The van der Waals surface area contributed by atoms with E-state index in [2.05, 4.69) is 11.1 Å². The van der Waals surface area contributed by atoms with Gasteiger partial charge >= 0.3 is 0 Å². The number of hydrogen-bond donors (Lipinski definition) is 1. The first-order valence-corrected chi connectivity index (χ1v) is 2.33. The molecule has 0 amide bonds.